The van der Waals surface area contributed by atoms with Crippen LogP contribution in [0.2, 0.25) is 0 Å². The summed E-state index contributed by atoms with van der Waals surface area (Å²) in [6.45, 7) is 3.17. The summed E-state index contributed by atoms with van der Waals surface area (Å²) in [5.74, 6) is -0.118. The molecular formula is C9H15NO4S. The summed E-state index contributed by atoms with van der Waals surface area (Å²) in [7, 11) is -3.28. The van der Waals surface area contributed by atoms with Gasteiger partial charge in [-0.05, 0) is 20.3 Å². The van der Waals surface area contributed by atoms with Crippen LogP contribution in [-0.2, 0) is 14.6 Å². The lowest BCUT2D eigenvalue weighted by molar-refractivity contribution is -0.144. The fourth-order valence-corrected chi connectivity index (χ4v) is 4.76. The number of carbonyl (C=O) groups excluding carboxylic acids is 1. The third-order valence-corrected chi connectivity index (χ3v) is 6.43. The minimum atomic E-state index is -3.28. The fourth-order valence-electron chi connectivity index (χ4n) is 2.52. The standard InChI is InChI=1S/C9H15NO4S/c1-9(2)6(3-4-11)10-7(12)5-8(10)15(9,13)14/h6,8,11H,3-5H2,1-2H3/t6-,8+/m0/s1. The molecule has 1 amide bonds. The molecule has 0 aliphatic carbocycles. The molecule has 0 aromatic carbocycles. The molecule has 2 fully saturated rings. The van der Waals surface area contributed by atoms with Crippen molar-refractivity contribution in [2.75, 3.05) is 6.61 Å². The number of rotatable bonds is 2. The molecule has 2 saturated heterocycles. The molecule has 0 radical (unpaired) electrons. The Hall–Kier alpha value is -0.620. The Morgan fingerprint density at radius 1 is 1.53 bits per heavy atom. The van der Waals surface area contributed by atoms with Crippen LogP contribution in [0.5, 0.6) is 0 Å². The summed E-state index contributed by atoms with van der Waals surface area (Å²) in [5.41, 5.74) is 0. The van der Waals surface area contributed by atoms with Crippen LogP contribution in [0.25, 0.3) is 0 Å². The second kappa shape index (κ2) is 2.95. The van der Waals surface area contributed by atoms with Crippen LogP contribution in [0.4, 0.5) is 0 Å². The predicted octanol–water partition coefficient (Wildman–Crippen LogP) is -0.497. The maximum atomic E-state index is 12.0. The normalized spacial score (nSPS) is 36.2. The predicted molar refractivity (Wildman–Crippen MR) is 53.7 cm³/mol. The van der Waals surface area contributed by atoms with Crippen LogP contribution in [0.1, 0.15) is 26.7 Å². The number of β-lactam (4-membered cyclic amide) rings is 1. The van der Waals surface area contributed by atoms with E-state index in [2.05, 4.69) is 0 Å². The summed E-state index contributed by atoms with van der Waals surface area (Å²) in [4.78, 5) is 12.8. The molecule has 0 bridgehead atoms. The molecule has 2 aliphatic rings. The summed E-state index contributed by atoms with van der Waals surface area (Å²) < 4.78 is 23.1. The number of nitrogens with zero attached hydrogens (tertiary/aromatic N) is 1. The Morgan fingerprint density at radius 2 is 2.13 bits per heavy atom. The van der Waals surface area contributed by atoms with Gasteiger partial charge in [-0.1, -0.05) is 0 Å². The highest BCUT2D eigenvalue weighted by molar-refractivity contribution is 7.93. The van der Waals surface area contributed by atoms with Gasteiger partial charge in [0.1, 0.15) is 5.37 Å². The van der Waals surface area contributed by atoms with Crippen LogP contribution in [0.3, 0.4) is 0 Å². The topological polar surface area (TPSA) is 74.7 Å². The molecule has 6 heteroatoms. The van der Waals surface area contributed by atoms with Gasteiger partial charge in [-0.25, -0.2) is 8.42 Å². The largest absolute Gasteiger partial charge is 0.396 e. The zero-order valence-electron chi connectivity index (χ0n) is 8.80. The average molecular weight is 233 g/mol. The Kier molecular flexibility index (Phi) is 2.14. The van der Waals surface area contributed by atoms with E-state index in [1.165, 1.54) is 4.90 Å². The molecule has 2 aliphatic heterocycles. The lowest BCUT2D eigenvalue weighted by atomic mass is 9.96. The van der Waals surface area contributed by atoms with Crippen LogP contribution in [0.15, 0.2) is 0 Å². The van der Waals surface area contributed by atoms with Gasteiger partial charge in [0, 0.05) is 6.61 Å². The molecular weight excluding hydrogens is 218 g/mol. The molecule has 86 valence electrons. The number of hydrogen-bond donors (Lipinski definition) is 1. The van der Waals surface area contributed by atoms with E-state index < -0.39 is 20.0 Å². The van der Waals surface area contributed by atoms with Crippen molar-refractivity contribution in [2.24, 2.45) is 0 Å². The Balaban J connectivity index is 2.43. The van der Waals surface area contributed by atoms with Crippen molar-refractivity contribution in [2.45, 2.75) is 42.9 Å². The van der Waals surface area contributed by atoms with E-state index in [4.69, 9.17) is 5.11 Å². The van der Waals surface area contributed by atoms with Gasteiger partial charge in [0.2, 0.25) is 5.91 Å². The van der Waals surface area contributed by atoms with Gasteiger partial charge in [0.25, 0.3) is 0 Å². The van der Waals surface area contributed by atoms with Crippen LogP contribution in [-0.4, -0.2) is 47.1 Å². The quantitative estimate of drug-likeness (QED) is 0.653. The molecule has 15 heavy (non-hydrogen) atoms. The Labute approximate surface area is 89.0 Å². The van der Waals surface area contributed by atoms with Crippen molar-refractivity contribution in [1.29, 1.82) is 0 Å². The van der Waals surface area contributed by atoms with Gasteiger partial charge in [-0.2, -0.15) is 0 Å². The molecule has 0 aromatic heterocycles. The zero-order chi connectivity index (χ0) is 11.4. The smallest absolute Gasteiger partial charge is 0.227 e. The Morgan fingerprint density at radius 3 is 2.60 bits per heavy atom. The summed E-state index contributed by atoms with van der Waals surface area (Å²) >= 11 is 0. The van der Waals surface area contributed by atoms with Gasteiger partial charge in [-0.15, -0.1) is 0 Å². The van der Waals surface area contributed by atoms with Crippen LogP contribution in [0, 0.1) is 0 Å². The van der Waals surface area contributed by atoms with E-state index in [0.29, 0.717) is 6.42 Å². The number of hydrogen-bond acceptors (Lipinski definition) is 4. The average Bonchev–Trinajstić information content (AvgIpc) is 2.22. The minimum absolute atomic E-state index is 0.0971. The molecule has 5 nitrogen and oxygen atoms in total. The van der Waals surface area contributed by atoms with Gasteiger partial charge in [0.15, 0.2) is 9.84 Å². The van der Waals surface area contributed by atoms with Gasteiger partial charge in [0.05, 0.1) is 17.2 Å². The van der Waals surface area contributed by atoms with Crippen molar-refractivity contribution in [1.82, 2.24) is 4.90 Å². The van der Waals surface area contributed by atoms with Gasteiger partial charge in [-0.3, -0.25) is 4.79 Å². The van der Waals surface area contributed by atoms with Crippen molar-refractivity contribution >= 4 is 15.7 Å². The number of aliphatic hydroxyl groups is 1. The van der Waals surface area contributed by atoms with E-state index in [-0.39, 0.29) is 25.0 Å². The third kappa shape index (κ3) is 1.12. The second-order valence-corrected chi connectivity index (χ2v) is 7.32. The highest BCUT2D eigenvalue weighted by Gasteiger charge is 2.64. The van der Waals surface area contributed by atoms with E-state index in [0.717, 1.165) is 0 Å². The van der Waals surface area contributed by atoms with E-state index in [9.17, 15) is 13.2 Å². The highest BCUT2D eigenvalue weighted by atomic mass is 32.2. The van der Waals surface area contributed by atoms with Crippen LogP contribution >= 0.6 is 0 Å². The molecule has 2 atom stereocenters. The summed E-state index contributed by atoms with van der Waals surface area (Å²) in [5, 5.41) is 8.27. The highest BCUT2D eigenvalue weighted by Crippen LogP contribution is 2.46. The molecule has 0 saturated carbocycles. The monoisotopic (exact) mass is 233 g/mol. The SMILES string of the molecule is CC1(C)[C@H](CCO)N2C(=O)C[C@H]2S1(=O)=O. The molecule has 2 rings (SSSR count). The van der Waals surface area contributed by atoms with Gasteiger partial charge >= 0.3 is 0 Å². The van der Waals surface area contributed by atoms with Crippen molar-refractivity contribution < 1.29 is 18.3 Å². The van der Waals surface area contributed by atoms with Crippen molar-refractivity contribution in [3.05, 3.63) is 0 Å². The maximum absolute atomic E-state index is 12.0. The molecule has 1 N–H and O–H groups in total. The molecule has 0 aromatic rings. The van der Waals surface area contributed by atoms with Gasteiger partial charge < -0.3 is 10.0 Å². The number of carbonyl (C=O) groups is 1. The zero-order valence-corrected chi connectivity index (χ0v) is 9.62. The van der Waals surface area contributed by atoms with Crippen molar-refractivity contribution in [3.8, 4) is 0 Å². The first-order chi connectivity index (χ1) is 6.84. The van der Waals surface area contributed by atoms with E-state index in [1.807, 2.05) is 0 Å². The lowest BCUT2D eigenvalue weighted by Gasteiger charge is -2.37. The summed E-state index contributed by atoms with van der Waals surface area (Å²) in [6.07, 6.45) is 0.433. The lowest BCUT2D eigenvalue weighted by Crippen LogP contribution is -2.54. The Bertz CT molecular complexity index is 400. The first-order valence-corrected chi connectivity index (χ1v) is 6.54. The number of amides is 1. The first kappa shape index (κ1) is 10.9. The third-order valence-electron chi connectivity index (χ3n) is 3.58. The number of fused-ring (bicyclic) bond motifs is 1. The second-order valence-electron chi connectivity index (χ2n) is 4.64. The summed E-state index contributed by atoms with van der Waals surface area (Å²) in [6, 6.07) is -0.376. The molecule has 0 unspecified atom stereocenters. The molecule has 0 spiro atoms. The van der Waals surface area contributed by atoms with Crippen molar-refractivity contribution in [3.63, 3.8) is 0 Å². The molecule has 2 heterocycles. The number of aliphatic hydroxyl groups excluding tert-OH is 1. The van der Waals surface area contributed by atoms with E-state index >= 15 is 0 Å². The van der Waals surface area contributed by atoms with Crippen LogP contribution < -0.4 is 0 Å². The number of sulfone groups is 1. The fraction of sp³-hybridized carbons (Fsp3) is 0.889. The maximum Gasteiger partial charge on any atom is 0.227 e. The van der Waals surface area contributed by atoms with E-state index in [1.54, 1.807) is 13.8 Å². The minimum Gasteiger partial charge on any atom is -0.396 e. The first-order valence-electron chi connectivity index (χ1n) is 4.99.